The van der Waals surface area contributed by atoms with Crippen molar-refractivity contribution in [2.24, 2.45) is 0 Å². The number of rotatable bonds is 9. The van der Waals surface area contributed by atoms with Crippen molar-refractivity contribution >= 4 is 5.91 Å². The first-order valence-electron chi connectivity index (χ1n) is 7.29. The van der Waals surface area contributed by atoms with Gasteiger partial charge in [0.15, 0.2) is 6.10 Å². The number of carbonyl (C=O) groups is 1. The average molecular weight is 279 g/mol. The van der Waals surface area contributed by atoms with Crippen molar-refractivity contribution in [1.29, 1.82) is 0 Å². The Morgan fingerprint density at radius 1 is 1.15 bits per heavy atom. The molecule has 1 atom stereocenters. The molecule has 1 rings (SSSR count). The first-order valence-corrected chi connectivity index (χ1v) is 7.29. The van der Waals surface area contributed by atoms with Gasteiger partial charge in [-0.15, -0.1) is 0 Å². The van der Waals surface area contributed by atoms with Gasteiger partial charge < -0.3 is 14.8 Å². The molecule has 4 heteroatoms. The largest absolute Gasteiger partial charge is 0.497 e. The van der Waals surface area contributed by atoms with Crippen LogP contribution < -0.4 is 14.8 Å². The Bertz CT molecular complexity index is 389. The molecule has 0 aliphatic rings. The molecule has 20 heavy (non-hydrogen) atoms. The van der Waals surface area contributed by atoms with Crippen molar-refractivity contribution in [1.82, 2.24) is 5.32 Å². The van der Waals surface area contributed by atoms with Gasteiger partial charge in [-0.05, 0) is 37.1 Å². The molecule has 0 unspecified atom stereocenters. The minimum absolute atomic E-state index is 0.0422. The summed E-state index contributed by atoms with van der Waals surface area (Å²) >= 11 is 0. The van der Waals surface area contributed by atoms with Crippen LogP contribution in [0, 0.1) is 0 Å². The summed E-state index contributed by atoms with van der Waals surface area (Å²) in [5.41, 5.74) is 0. The van der Waals surface area contributed by atoms with Crippen LogP contribution >= 0.6 is 0 Å². The van der Waals surface area contributed by atoms with Crippen LogP contribution in [0.3, 0.4) is 0 Å². The highest BCUT2D eigenvalue weighted by Crippen LogP contribution is 2.18. The van der Waals surface area contributed by atoms with Gasteiger partial charge in [-0.25, -0.2) is 0 Å². The van der Waals surface area contributed by atoms with Gasteiger partial charge in [-0.2, -0.15) is 0 Å². The van der Waals surface area contributed by atoms with Crippen LogP contribution in [0.15, 0.2) is 24.3 Å². The number of unbranched alkanes of at least 4 members (excludes halogenated alkanes) is 2. The monoisotopic (exact) mass is 279 g/mol. The summed E-state index contributed by atoms with van der Waals surface area (Å²) in [6, 6.07) is 7.26. The van der Waals surface area contributed by atoms with E-state index in [0.717, 1.165) is 31.6 Å². The molecular formula is C16H25NO3. The SMILES string of the molecule is CCCCCNC(=O)[C@@H](CC)Oc1ccc(OC)cc1. The number of amides is 1. The maximum absolute atomic E-state index is 12.0. The van der Waals surface area contributed by atoms with Crippen molar-refractivity contribution in [3.8, 4) is 11.5 Å². The molecule has 0 saturated heterocycles. The van der Waals surface area contributed by atoms with Crippen molar-refractivity contribution in [2.45, 2.75) is 45.6 Å². The van der Waals surface area contributed by atoms with Crippen LogP contribution in [0.2, 0.25) is 0 Å². The minimum Gasteiger partial charge on any atom is -0.497 e. The molecule has 0 saturated carbocycles. The van der Waals surface area contributed by atoms with Gasteiger partial charge in [0, 0.05) is 6.54 Å². The molecule has 0 aromatic heterocycles. The van der Waals surface area contributed by atoms with Crippen molar-refractivity contribution < 1.29 is 14.3 Å². The lowest BCUT2D eigenvalue weighted by Gasteiger charge is -2.17. The normalized spacial score (nSPS) is 11.8. The Morgan fingerprint density at radius 2 is 1.80 bits per heavy atom. The molecule has 1 N–H and O–H groups in total. The third-order valence-electron chi connectivity index (χ3n) is 3.08. The first-order chi connectivity index (χ1) is 9.71. The zero-order valence-electron chi connectivity index (χ0n) is 12.6. The van der Waals surface area contributed by atoms with Crippen LogP contribution in [0.4, 0.5) is 0 Å². The van der Waals surface area contributed by atoms with E-state index in [0.29, 0.717) is 12.2 Å². The van der Waals surface area contributed by atoms with E-state index in [9.17, 15) is 4.79 Å². The van der Waals surface area contributed by atoms with Gasteiger partial charge in [-0.1, -0.05) is 26.7 Å². The number of hydrogen-bond donors (Lipinski definition) is 1. The predicted octanol–water partition coefficient (Wildman–Crippen LogP) is 3.16. The van der Waals surface area contributed by atoms with Crippen molar-refractivity contribution in [2.75, 3.05) is 13.7 Å². The second kappa shape index (κ2) is 9.23. The predicted molar refractivity (Wildman–Crippen MR) is 80.2 cm³/mol. The quantitative estimate of drug-likeness (QED) is 0.706. The molecular weight excluding hydrogens is 254 g/mol. The van der Waals surface area contributed by atoms with E-state index in [-0.39, 0.29) is 5.91 Å². The second-order valence-corrected chi connectivity index (χ2v) is 4.69. The van der Waals surface area contributed by atoms with Gasteiger partial charge in [0.05, 0.1) is 7.11 Å². The smallest absolute Gasteiger partial charge is 0.261 e. The summed E-state index contributed by atoms with van der Waals surface area (Å²) in [5, 5.41) is 2.92. The Labute approximate surface area is 121 Å². The Kier molecular flexibility index (Phi) is 7.55. The first kappa shape index (κ1) is 16.3. The Balaban J connectivity index is 2.46. The summed E-state index contributed by atoms with van der Waals surface area (Å²) in [7, 11) is 1.62. The molecule has 0 fully saturated rings. The summed E-state index contributed by atoms with van der Waals surface area (Å²) in [4.78, 5) is 12.0. The third-order valence-corrected chi connectivity index (χ3v) is 3.08. The molecule has 1 amide bonds. The highest BCUT2D eigenvalue weighted by Gasteiger charge is 2.17. The lowest BCUT2D eigenvalue weighted by molar-refractivity contribution is -0.128. The fraction of sp³-hybridized carbons (Fsp3) is 0.562. The van der Waals surface area contributed by atoms with Crippen LogP contribution in [-0.4, -0.2) is 25.7 Å². The topological polar surface area (TPSA) is 47.6 Å². The van der Waals surface area contributed by atoms with Gasteiger partial charge >= 0.3 is 0 Å². The maximum Gasteiger partial charge on any atom is 0.261 e. The number of methoxy groups -OCH3 is 1. The van der Waals surface area contributed by atoms with Crippen LogP contribution in [0.25, 0.3) is 0 Å². The van der Waals surface area contributed by atoms with E-state index in [1.807, 2.05) is 31.2 Å². The van der Waals surface area contributed by atoms with Gasteiger partial charge in [0.25, 0.3) is 5.91 Å². The molecule has 0 aliphatic carbocycles. The highest BCUT2D eigenvalue weighted by atomic mass is 16.5. The molecule has 0 heterocycles. The van der Waals surface area contributed by atoms with Gasteiger partial charge in [0.2, 0.25) is 0 Å². The molecule has 112 valence electrons. The summed E-state index contributed by atoms with van der Waals surface area (Å²) in [5.74, 6) is 1.41. The van der Waals surface area contributed by atoms with E-state index >= 15 is 0 Å². The number of benzene rings is 1. The molecule has 0 bridgehead atoms. The van der Waals surface area contributed by atoms with Crippen LogP contribution in [0.5, 0.6) is 11.5 Å². The van der Waals surface area contributed by atoms with E-state index in [1.54, 1.807) is 7.11 Å². The van der Waals surface area contributed by atoms with E-state index < -0.39 is 6.10 Å². The third kappa shape index (κ3) is 5.51. The van der Waals surface area contributed by atoms with E-state index in [2.05, 4.69) is 12.2 Å². The maximum atomic E-state index is 12.0. The second-order valence-electron chi connectivity index (χ2n) is 4.69. The van der Waals surface area contributed by atoms with Crippen LogP contribution in [0.1, 0.15) is 39.5 Å². The van der Waals surface area contributed by atoms with Crippen LogP contribution in [-0.2, 0) is 4.79 Å². The number of ether oxygens (including phenoxy) is 2. The molecule has 0 spiro atoms. The molecule has 1 aromatic rings. The van der Waals surface area contributed by atoms with E-state index in [4.69, 9.17) is 9.47 Å². The minimum atomic E-state index is -0.440. The zero-order chi connectivity index (χ0) is 14.8. The zero-order valence-corrected chi connectivity index (χ0v) is 12.6. The number of nitrogens with one attached hydrogen (secondary N) is 1. The summed E-state index contributed by atoms with van der Waals surface area (Å²) in [6.07, 6.45) is 3.50. The van der Waals surface area contributed by atoms with E-state index in [1.165, 1.54) is 0 Å². The summed E-state index contributed by atoms with van der Waals surface area (Å²) < 4.78 is 10.8. The van der Waals surface area contributed by atoms with Gasteiger partial charge in [0.1, 0.15) is 11.5 Å². The Morgan fingerprint density at radius 3 is 2.35 bits per heavy atom. The molecule has 4 nitrogen and oxygen atoms in total. The highest BCUT2D eigenvalue weighted by molar-refractivity contribution is 5.81. The van der Waals surface area contributed by atoms with Crippen molar-refractivity contribution in [3.63, 3.8) is 0 Å². The lowest BCUT2D eigenvalue weighted by Crippen LogP contribution is -2.38. The number of carbonyl (C=O) groups excluding carboxylic acids is 1. The fourth-order valence-electron chi connectivity index (χ4n) is 1.84. The summed E-state index contributed by atoms with van der Waals surface area (Å²) in [6.45, 7) is 4.80. The van der Waals surface area contributed by atoms with Crippen molar-refractivity contribution in [3.05, 3.63) is 24.3 Å². The lowest BCUT2D eigenvalue weighted by atomic mass is 10.2. The fourth-order valence-corrected chi connectivity index (χ4v) is 1.84. The molecule has 0 radical (unpaired) electrons. The number of hydrogen-bond acceptors (Lipinski definition) is 3. The molecule has 0 aliphatic heterocycles. The standard InChI is InChI=1S/C16H25NO3/c1-4-6-7-12-17-16(18)15(5-2)20-14-10-8-13(19-3)9-11-14/h8-11,15H,4-7,12H2,1-3H3,(H,17,18)/t15-/m1/s1. The molecule has 1 aromatic carbocycles. The Hall–Kier alpha value is -1.71. The van der Waals surface area contributed by atoms with Gasteiger partial charge in [-0.3, -0.25) is 4.79 Å². The average Bonchev–Trinajstić information content (AvgIpc) is 2.49.